The second-order valence-electron chi connectivity index (χ2n) is 9.48. The van der Waals surface area contributed by atoms with Crippen LogP contribution in [0.25, 0.3) is 11.1 Å². The van der Waals surface area contributed by atoms with E-state index in [-0.39, 0.29) is 24.4 Å². The SMILES string of the molecule is Cc1cc2c(cc3n2C[C@](C)(C(=O)NC2CCCCCCC2)N(Cc2ccco2)C3=O)o1. The molecule has 3 aromatic rings. The minimum absolute atomic E-state index is 0.101. The maximum atomic E-state index is 13.8. The molecule has 170 valence electrons. The van der Waals surface area contributed by atoms with Gasteiger partial charge in [0.1, 0.15) is 22.8 Å². The van der Waals surface area contributed by atoms with Crippen molar-refractivity contribution in [2.45, 2.75) is 83.5 Å². The fourth-order valence-corrected chi connectivity index (χ4v) is 5.21. The first-order chi connectivity index (χ1) is 15.5. The van der Waals surface area contributed by atoms with Crippen LogP contribution in [0.3, 0.4) is 0 Å². The van der Waals surface area contributed by atoms with Crippen molar-refractivity contribution < 1.29 is 18.4 Å². The monoisotopic (exact) mass is 437 g/mol. The van der Waals surface area contributed by atoms with Crippen LogP contribution in [0.1, 0.15) is 73.9 Å². The average molecular weight is 438 g/mol. The third kappa shape index (κ3) is 3.63. The molecule has 0 aromatic carbocycles. The minimum Gasteiger partial charge on any atom is -0.467 e. The molecule has 1 fully saturated rings. The molecule has 2 aliphatic rings. The van der Waals surface area contributed by atoms with E-state index in [1.807, 2.05) is 30.5 Å². The summed E-state index contributed by atoms with van der Waals surface area (Å²) in [5, 5.41) is 3.30. The third-order valence-corrected chi connectivity index (χ3v) is 7.06. The summed E-state index contributed by atoms with van der Waals surface area (Å²) in [6.07, 6.45) is 9.56. The number of fused-ring (bicyclic) bond motifs is 3. The predicted octanol–water partition coefficient (Wildman–Crippen LogP) is 4.78. The van der Waals surface area contributed by atoms with E-state index in [1.54, 1.807) is 23.3 Å². The lowest BCUT2D eigenvalue weighted by Crippen LogP contribution is -2.64. The normalized spacial score (nSPS) is 22.6. The summed E-state index contributed by atoms with van der Waals surface area (Å²) >= 11 is 0. The summed E-state index contributed by atoms with van der Waals surface area (Å²) in [6.45, 7) is 4.37. The summed E-state index contributed by atoms with van der Waals surface area (Å²) < 4.78 is 13.2. The first-order valence-electron chi connectivity index (χ1n) is 11.7. The topological polar surface area (TPSA) is 80.6 Å². The molecule has 1 aliphatic carbocycles. The molecule has 7 heteroatoms. The van der Waals surface area contributed by atoms with Crippen molar-refractivity contribution in [2.24, 2.45) is 0 Å². The lowest BCUT2D eigenvalue weighted by molar-refractivity contribution is -0.134. The number of aryl methyl sites for hydroxylation is 1. The highest BCUT2D eigenvalue weighted by atomic mass is 16.3. The van der Waals surface area contributed by atoms with Gasteiger partial charge in [0.25, 0.3) is 5.91 Å². The van der Waals surface area contributed by atoms with Crippen LogP contribution >= 0.6 is 0 Å². The Labute approximate surface area is 187 Å². The van der Waals surface area contributed by atoms with Crippen LogP contribution in [0.15, 0.2) is 39.4 Å². The van der Waals surface area contributed by atoms with E-state index in [2.05, 4.69) is 5.32 Å². The van der Waals surface area contributed by atoms with Crippen LogP contribution in [0.2, 0.25) is 0 Å². The maximum Gasteiger partial charge on any atom is 0.272 e. The van der Waals surface area contributed by atoms with Gasteiger partial charge in [0.05, 0.1) is 24.9 Å². The van der Waals surface area contributed by atoms with Crippen molar-refractivity contribution in [2.75, 3.05) is 0 Å². The first kappa shape index (κ1) is 20.9. The van der Waals surface area contributed by atoms with Crippen LogP contribution < -0.4 is 5.32 Å². The Morgan fingerprint density at radius 1 is 1.19 bits per heavy atom. The number of nitrogens with zero attached hydrogens (tertiary/aromatic N) is 2. The average Bonchev–Trinajstić information content (AvgIpc) is 3.44. The third-order valence-electron chi connectivity index (χ3n) is 7.06. The Hall–Kier alpha value is -2.96. The second-order valence-corrected chi connectivity index (χ2v) is 9.48. The van der Waals surface area contributed by atoms with Gasteiger partial charge in [0.15, 0.2) is 5.58 Å². The van der Waals surface area contributed by atoms with E-state index >= 15 is 0 Å². The number of carbonyl (C=O) groups is 2. The number of aromatic nitrogens is 1. The molecule has 2 amide bonds. The highest BCUT2D eigenvalue weighted by molar-refractivity contribution is 6.03. The second kappa shape index (κ2) is 8.19. The number of amides is 2. The van der Waals surface area contributed by atoms with Gasteiger partial charge in [-0.1, -0.05) is 32.1 Å². The van der Waals surface area contributed by atoms with Crippen LogP contribution in [0.5, 0.6) is 0 Å². The summed E-state index contributed by atoms with van der Waals surface area (Å²) in [4.78, 5) is 29.1. The zero-order valence-electron chi connectivity index (χ0n) is 18.9. The zero-order chi connectivity index (χ0) is 22.3. The van der Waals surface area contributed by atoms with Gasteiger partial charge in [-0.3, -0.25) is 9.59 Å². The van der Waals surface area contributed by atoms with E-state index < -0.39 is 5.54 Å². The number of hydrogen-bond acceptors (Lipinski definition) is 4. The number of carbonyl (C=O) groups excluding carboxylic acids is 2. The molecule has 3 aromatic heterocycles. The first-order valence-corrected chi connectivity index (χ1v) is 11.7. The summed E-state index contributed by atoms with van der Waals surface area (Å²) in [5.41, 5.74) is 1.03. The lowest BCUT2D eigenvalue weighted by Gasteiger charge is -2.44. The highest BCUT2D eigenvalue weighted by Gasteiger charge is 2.48. The van der Waals surface area contributed by atoms with Crippen molar-refractivity contribution in [1.82, 2.24) is 14.8 Å². The Balaban J connectivity index is 1.50. The molecule has 1 N–H and O–H groups in total. The van der Waals surface area contributed by atoms with Gasteiger partial charge < -0.3 is 23.6 Å². The van der Waals surface area contributed by atoms with Gasteiger partial charge in [-0.15, -0.1) is 0 Å². The zero-order valence-corrected chi connectivity index (χ0v) is 18.9. The quantitative estimate of drug-likeness (QED) is 0.637. The molecule has 1 atom stereocenters. The minimum atomic E-state index is -1.05. The van der Waals surface area contributed by atoms with Crippen LogP contribution in [-0.2, 0) is 17.9 Å². The standard InChI is InChI=1S/C25H31N3O4/c1-17-13-20-22(32-17)14-21-23(29)28(15-19-11-8-12-31-19)25(2,16-27(20)21)24(30)26-18-9-6-4-3-5-7-10-18/h8,11-14,18H,3-7,9-10,15-16H2,1-2H3,(H,26,30)/t25-/m1/s1. The van der Waals surface area contributed by atoms with Gasteiger partial charge in [-0.2, -0.15) is 0 Å². The van der Waals surface area contributed by atoms with Crippen molar-refractivity contribution in [3.63, 3.8) is 0 Å². The Morgan fingerprint density at radius 3 is 2.66 bits per heavy atom. The molecular weight excluding hydrogens is 406 g/mol. The van der Waals surface area contributed by atoms with Crippen molar-refractivity contribution >= 4 is 22.9 Å². The fraction of sp³-hybridized carbons (Fsp3) is 0.520. The molecule has 0 saturated heterocycles. The molecule has 0 radical (unpaired) electrons. The molecule has 0 unspecified atom stereocenters. The lowest BCUT2D eigenvalue weighted by atomic mass is 9.92. The van der Waals surface area contributed by atoms with Crippen molar-refractivity contribution in [1.29, 1.82) is 0 Å². The number of furan rings is 2. The van der Waals surface area contributed by atoms with Gasteiger partial charge in [-0.05, 0) is 38.8 Å². The largest absolute Gasteiger partial charge is 0.467 e. The van der Waals surface area contributed by atoms with Crippen LogP contribution in [-0.4, -0.2) is 32.9 Å². The van der Waals surface area contributed by atoms with Gasteiger partial charge in [-0.25, -0.2) is 0 Å². The molecule has 0 bridgehead atoms. The molecule has 1 saturated carbocycles. The number of nitrogens with one attached hydrogen (secondary N) is 1. The number of rotatable bonds is 4. The molecule has 4 heterocycles. The molecular formula is C25H31N3O4. The van der Waals surface area contributed by atoms with Crippen LogP contribution in [0.4, 0.5) is 0 Å². The van der Waals surface area contributed by atoms with E-state index in [1.165, 1.54) is 19.3 Å². The predicted molar refractivity (Wildman–Crippen MR) is 120 cm³/mol. The van der Waals surface area contributed by atoms with Gasteiger partial charge >= 0.3 is 0 Å². The van der Waals surface area contributed by atoms with Crippen LogP contribution in [0, 0.1) is 6.92 Å². The fourth-order valence-electron chi connectivity index (χ4n) is 5.21. The molecule has 0 spiro atoms. The van der Waals surface area contributed by atoms with E-state index in [0.29, 0.717) is 23.6 Å². The van der Waals surface area contributed by atoms with Gasteiger partial charge in [0, 0.05) is 18.2 Å². The molecule has 32 heavy (non-hydrogen) atoms. The van der Waals surface area contributed by atoms with Gasteiger partial charge in [0.2, 0.25) is 5.91 Å². The summed E-state index contributed by atoms with van der Waals surface area (Å²) in [7, 11) is 0. The Kier molecular flexibility index (Phi) is 5.35. The van der Waals surface area contributed by atoms with Crippen molar-refractivity contribution in [3.8, 4) is 0 Å². The molecule has 7 nitrogen and oxygen atoms in total. The Morgan fingerprint density at radius 2 is 1.94 bits per heavy atom. The Bertz CT molecular complexity index is 1120. The maximum absolute atomic E-state index is 13.8. The van der Waals surface area contributed by atoms with E-state index in [4.69, 9.17) is 8.83 Å². The highest BCUT2D eigenvalue weighted by Crippen LogP contribution is 2.35. The summed E-state index contributed by atoms with van der Waals surface area (Å²) in [5.74, 6) is 1.15. The van der Waals surface area contributed by atoms with Crippen molar-refractivity contribution in [3.05, 3.63) is 47.7 Å². The molecule has 1 aliphatic heterocycles. The van der Waals surface area contributed by atoms with E-state index in [0.717, 1.165) is 37.0 Å². The van der Waals surface area contributed by atoms with E-state index in [9.17, 15) is 9.59 Å². The smallest absolute Gasteiger partial charge is 0.272 e. The molecule has 5 rings (SSSR count). The number of hydrogen-bond donors (Lipinski definition) is 1. The summed E-state index contributed by atoms with van der Waals surface area (Å²) in [6, 6.07) is 7.51.